The molecular weight excluding hydrogens is 272 g/mol. The van der Waals surface area contributed by atoms with Gasteiger partial charge in [-0.25, -0.2) is 9.52 Å². The van der Waals surface area contributed by atoms with Gasteiger partial charge in [0.25, 0.3) is 0 Å². The van der Waals surface area contributed by atoms with E-state index in [9.17, 15) is 13.2 Å². The van der Waals surface area contributed by atoms with E-state index in [0.717, 1.165) is 0 Å². The summed E-state index contributed by atoms with van der Waals surface area (Å²) in [4.78, 5) is 11.4. The van der Waals surface area contributed by atoms with Crippen molar-refractivity contribution in [3.8, 4) is 0 Å². The third-order valence-electron chi connectivity index (χ3n) is 2.31. The van der Waals surface area contributed by atoms with Gasteiger partial charge in [0.05, 0.1) is 12.7 Å². The average molecular weight is 293 g/mol. The van der Waals surface area contributed by atoms with E-state index in [1.807, 2.05) is 0 Å². The summed E-state index contributed by atoms with van der Waals surface area (Å²) in [5, 5.41) is 0. The monoisotopic (exact) mass is 293 g/mol. The number of carbonyl (C=O) groups is 1. The molecule has 8 heteroatoms. The van der Waals surface area contributed by atoms with Crippen LogP contribution in [0.5, 0.6) is 0 Å². The van der Waals surface area contributed by atoms with Crippen molar-refractivity contribution in [2.45, 2.75) is 51.4 Å². The van der Waals surface area contributed by atoms with Crippen LogP contribution in [0.2, 0.25) is 0 Å². The molecule has 1 amide bonds. The molecule has 0 bridgehead atoms. The van der Waals surface area contributed by atoms with Gasteiger partial charge in [0.1, 0.15) is 5.60 Å². The van der Waals surface area contributed by atoms with Gasteiger partial charge in [-0.05, 0) is 40.5 Å². The maximum Gasteiger partial charge on any atom is 0.422 e. The Hall–Kier alpha value is -0.860. The fourth-order valence-electron chi connectivity index (χ4n) is 1.56. The van der Waals surface area contributed by atoms with Gasteiger partial charge in [0.15, 0.2) is 0 Å². The summed E-state index contributed by atoms with van der Waals surface area (Å²) in [6.45, 7) is 8.91. The highest BCUT2D eigenvalue weighted by atomic mass is 32.2. The fourth-order valence-corrected chi connectivity index (χ4v) is 2.50. The van der Waals surface area contributed by atoms with Crippen molar-refractivity contribution in [1.82, 2.24) is 9.44 Å². The van der Waals surface area contributed by atoms with Crippen LogP contribution in [-0.2, 0) is 19.7 Å². The van der Waals surface area contributed by atoms with Crippen LogP contribution in [0.25, 0.3) is 0 Å². The molecule has 1 rings (SSSR count). The van der Waals surface area contributed by atoms with Gasteiger partial charge in [-0.3, -0.25) is 0 Å². The van der Waals surface area contributed by atoms with Gasteiger partial charge in [-0.15, -0.1) is 0 Å². The maximum atomic E-state index is 11.7. The van der Waals surface area contributed by atoms with Crippen LogP contribution in [-0.4, -0.2) is 38.9 Å². The van der Waals surface area contributed by atoms with E-state index < -0.39 is 21.9 Å². The van der Waals surface area contributed by atoms with Crippen molar-refractivity contribution < 1.29 is 22.7 Å². The Morgan fingerprint density at radius 2 is 2.00 bits per heavy atom. The first kappa shape index (κ1) is 16.2. The second kappa shape index (κ2) is 6.06. The highest BCUT2D eigenvalue weighted by Gasteiger charge is 2.26. The van der Waals surface area contributed by atoms with Crippen LogP contribution in [0.3, 0.4) is 0 Å². The number of amides is 1. The molecule has 2 atom stereocenters. The highest BCUT2D eigenvalue weighted by Crippen LogP contribution is 2.13. The fraction of sp³-hybridized carbons (Fsp3) is 0.818. The molecule has 0 aromatic heterocycles. The van der Waals surface area contributed by atoms with Crippen molar-refractivity contribution in [2.75, 3.05) is 6.61 Å². The number of hydrogen-bond donors (Lipinski definition) is 2. The van der Waals surface area contributed by atoms with Crippen LogP contribution < -0.4 is 9.44 Å². The molecule has 19 heavy (non-hydrogen) atoms. The van der Waals surface area contributed by atoms with Gasteiger partial charge < -0.3 is 9.47 Å². The second-order valence-electron chi connectivity index (χ2n) is 5.45. The molecule has 1 aliphatic rings. The van der Waals surface area contributed by atoms with Gasteiger partial charge in [-0.1, -0.05) is 0 Å². The smallest absolute Gasteiger partial charge is 0.422 e. The zero-order valence-electron chi connectivity index (χ0n) is 11.4. The first-order chi connectivity index (χ1) is 8.57. The molecule has 7 nitrogen and oxygen atoms in total. The first-order valence-electron chi connectivity index (χ1n) is 6.05. The van der Waals surface area contributed by atoms with E-state index in [0.29, 0.717) is 12.8 Å². The Balaban J connectivity index is 2.46. The van der Waals surface area contributed by atoms with Crippen molar-refractivity contribution in [2.24, 2.45) is 0 Å². The van der Waals surface area contributed by atoms with E-state index in [1.54, 1.807) is 25.5 Å². The van der Waals surface area contributed by atoms with Crippen LogP contribution >= 0.6 is 0 Å². The molecule has 1 radical (unpaired) electrons. The molecule has 1 fully saturated rings. The number of ether oxygens (including phenoxy) is 2. The van der Waals surface area contributed by atoms with Gasteiger partial charge in [-0.2, -0.15) is 13.1 Å². The number of rotatable bonds is 3. The molecule has 1 saturated heterocycles. The summed E-state index contributed by atoms with van der Waals surface area (Å²) >= 11 is 0. The molecule has 111 valence electrons. The second-order valence-corrected chi connectivity index (χ2v) is 6.90. The molecule has 0 unspecified atom stereocenters. The Kier molecular flexibility index (Phi) is 5.17. The average Bonchev–Trinajstić information content (AvgIpc) is 2.17. The Bertz CT molecular complexity index is 407. The van der Waals surface area contributed by atoms with Crippen molar-refractivity contribution in [3.05, 3.63) is 6.92 Å². The lowest BCUT2D eigenvalue weighted by Gasteiger charge is -2.27. The third kappa shape index (κ3) is 6.74. The summed E-state index contributed by atoms with van der Waals surface area (Å²) in [6.07, 6.45) is 0.162. The Morgan fingerprint density at radius 1 is 1.37 bits per heavy atom. The van der Waals surface area contributed by atoms with Crippen LogP contribution in [0.4, 0.5) is 4.79 Å². The largest absolute Gasteiger partial charge is 0.443 e. The SMILES string of the molecule is [CH2][C@H]1CC[C@@H](NS(=O)(=O)NC(=O)OC(C)(C)C)CO1. The Morgan fingerprint density at radius 3 is 2.47 bits per heavy atom. The summed E-state index contributed by atoms with van der Waals surface area (Å²) in [7, 11) is -3.95. The normalized spacial score (nSPS) is 24.8. The predicted molar refractivity (Wildman–Crippen MR) is 69.5 cm³/mol. The lowest BCUT2D eigenvalue weighted by atomic mass is 10.1. The number of nitrogens with one attached hydrogen (secondary N) is 2. The predicted octanol–water partition coefficient (Wildman–Crippen LogP) is 0.727. The van der Waals surface area contributed by atoms with Crippen molar-refractivity contribution >= 4 is 16.3 Å². The number of hydrogen-bond acceptors (Lipinski definition) is 5. The van der Waals surface area contributed by atoms with E-state index in [4.69, 9.17) is 9.47 Å². The van der Waals surface area contributed by atoms with Gasteiger partial charge in [0.2, 0.25) is 0 Å². The molecule has 0 aliphatic carbocycles. The quantitative estimate of drug-likeness (QED) is 0.800. The molecule has 2 N–H and O–H groups in total. The minimum absolute atomic E-state index is 0.112. The first-order valence-corrected chi connectivity index (χ1v) is 7.53. The minimum atomic E-state index is -3.95. The molecule has 0 spiro atoms. The maximum absolute atomic E-state index is 11.7. The van der Waals surface area contributed by atoms with Gasteiger partial charge >= 0.3 is 16.3 Å². The molecule has 0 aromatic rings. The molecule has 1 aliphatic heterocycles. The summed E-state index contributed by atoms with van der Waals surface area (Å²) in [5.74, 6) is 0. The lowest BCUT2D eigenvalue weighted by molar-refractivity contribution is 0.0286. The minimum Gasteiger partial charge on any atom is -0.443 e. The highest BCUT2D eigenvalue weighted by molar-refractivity contribution is 7.88. The standard InChI is InChI=1S/C11H21N2O5S/c1-8-5-6-9(7-17-8)12-19(15,16)13-10(14)18-11(2,3)4/h8-9,12H,1,5-7H2,2-4H3,(H,13,14)/t8-,9+/m0/s1. The zero-order chi connectivity index (χ0) is 14.7. The van der Waals surface area contributed by atoms with Crippen LogP contribution in [0, 0.1) is 6.92 Å². The van der Waals surface area contributed by atoms with E-state index in [2.05, 4.69) is 11.6 Å². The van der Waals surface area contributed by atoms with Crippen molar-refractivity contribution in [1.29, 1.82) is 0 Å². The van der Waals surface area contributed by atoms with E-state index in [1.165, 1.54) is 0 Å². The molecule has 0 saturated carbocycles. The van der Waals surface area contributed by atoms with Crippen LogP contribution in [0.1, 0.15) is 33.6 Å². The number of carbonyl (C=O) groups excluding carboxylic acids is 1. The third-order valence-corrected chi connectivity index (χ3v) is 3.39. The molecular formula is C11H21N2O5S. The van der Waals surface area contributed by atoms with Crippen LogP contribution in [0.15, 0.2) is 0 Å². The summed E-state index contributed by atoms with van der Waals surface area (Å²) < 4.78 is 37.6. The Labute approximate surface area is 114 Å². The summed E-state index contributed by atoms with van der Waals surface area (Å²) in [5.41, 5.74) is -0.755. The lowest BCUT2D eigenvalue weighted by Crippen LogP contribution is -2.49. The summed E-state index contributed by atoms with van der Waals surface area (Å²) in [6, 6.07) is -0.363. The molecule has 0 aromatic carbocycles. The zero-order valence-corrected chi connectivity index (χ0v) is 12.2. The van der Waals surface area contributed by atoms with E-state index in [-0.39, 0.29) is 18.8 Å². The van der Waals surface area contributed by atoms with E-state index >= 15 is 0 Å². The van der Waals surface area contributed by atoms with Gasteiger partial charge in [0, 0.05) is 6.04 Å². The topological polar surface area (TPSA) is 93.7 Å². The van der Waals surface area contributed by atoms with Crippen molar-refractivity contribution in [3.63, 3.8) is 0 Å². The molecule has 1 heterocycles.